The van der Waals surface area contributed by atoms with E-state index < -0.39 is 0 Å². The van der Waals surface area contributed by atoms with E-state index in [9.17, 15) is 0 Å². The van der Waals surface area contributed by atoms with Crippen molar-refractivity contribution in [2.75, 3.05) is 0 Å². The van der Waals surface area contributed by atoms with Gasteiger partial charge in [0.25, 0.3) is 0 Å². The summed E-state index contributed by atoms with van der Waals surface area (Å²) in [6.07, 6.45) is 1.14. The first-order valence-corrected chi connectivity index (χ1v) is 6.08. The molecule has 0 heterocycles. The maximum Gasteiger partial charge on any atom is 0.0453 e. The summed E-state index contributed by atoms with van der Waals surface area (Å²) in [6.45, 7) is 0. The van der Waals surface area contributed by atoms with E-state index in [-0.39, 0.29) is 4.75 Å². The second kappa shape index (κ2) is 3.67. The van der Waals surface area contributed by atoms with Gasteiger partial charge in [0.1, 0.15) is 0 Å². The minimum atomic E-state index is 0.0581. The van der Waals surface area contributed by atoms with Gasteiger partial charge in [0, 0.05) is 10.7 Å². The van der Waals surface area contributed by atoms with Crippen molar-refractivity contribution in [2.24, 2.45) is 0 Å². The highest BCUT2D eigenvalue weighted by Crippen LogP contribution is 2.63. The summed E-state index contributed by atoms with van der Waals surface area (Å²) in [5.41, 5.74) is 2.74. The Hall–Kier alpha value is -1.21. The lowest BCUT2D eigenvalue weighted by molar-refractivity contribution is 0.965. The number of rotatable bonds is 2. The van der Waals surface area contributed by atoms with Crippen molar-refractivity contribution in [1.82, 2.24) is 0 Å². The van der Waals surface area contributed by atoms with Gasteiger partial charge in [0.2, 0.25) is 0 Å². The van der Waals surface area contributed by atoms with Crippen molar-refractivity contribution in [3.8, 4) is 0 Å². The molecule has 0 aliphatic heterocycles. The van der Waals surface area contributed by atoms with Gasteiger partial charge in [-0.1, -0.05) is 60.7 Å². The molecule has 1 aliphatic carbocycles. The zero-order valence-electron chi connectivity index (χ0n) is 9.01. The molecule has 0 bridgehead atoms. The Labute approximate surface area is 102 Å². The maximum absolute atomic E-state index is 4.86. The highest BCUT2D eigenvalue weighted by Gasteiger charge is 2.53. The lowest BCUT2D eigenvalue weighted by Gasteiger charge is -2.10. The average molecular weight is 226 g/mol. The van der Waals surface area contributed by atoms with E-state index in [1.54, 1.807) is 0 Å². The summed E-state index contributed by atoms with van der Waals surface area (Å²) < 4.78 is 0.0581. The molecular weight excluding hydrogens is 212 g/mol. The first kappa shape index (κ1) is 9.98. The summed E-state index contributed by atoms with van der Waals surface area (Å²) in [5, 5.41) is 0. The number of hydrogen-bond donors (Lipinski definition) is 1. The SMILES string of the molecule is SC1(c2ccccc2)CC1c1ccccc1. The third-order valence-electron chi connectivity index (χ3n) is 3.41. The summed E-state index contributed by atoms with van der Waals surface area (Å²) in [7, 11) is 0. The topological polar surface area (TPSA) is 0 Å². The molecule has 2 unspecified atom stereocenters. The Morgan fingerprint density at radius 2 is 1.44 bits per heavy atom. The summed E-state index contributed by atoms with van der Waals surface area (Å²) in [5.74, 6) is 0.569. The minimum Gasteiger partial charge on any atom is -0.167 e. The molecule has 0 aromatic heterocycles. The van der Waals surface area contributed by atoms with Crippen LogP contribution in [0.5, 0.6) is 0 Å². The van der Waals surface area contributed by atoms with Crippen LogP contribution in [0.2, 0.25) is 0 Å². The lowest BCUT2D eigenvalue weighted by atomic mass is 10.0. The van der Waals surface area contributed by atoms with Crippen molar-refractivity contribution in [3.05, 3.63) is 71.8 Å². The van der Waals surface area contributed by atoms with Crippen molar-refractivity contribution in [3.63, 3.8) is 0 Å². The zero-order chi connectivity index (χ0) is 11.0. The van der Waals surface area contributed by atoms with Crippen molar-refractivity contribution in [1.29, 1.82) is 0 Å². The molecule has 0 spiro atoms. The Bertz CT molecular complexity index is 477. The van der Waals surface area contributed by atoms with Crippen LogP contribution in [0.25, 0.3) is 0 Å². The van der Waals surface area contributed by atoms with Gasteiger partial charge in [-0.25, -0.2) is 0 Å². The number of hydrogen-bond acceptors (Lipinski definition) is 1. The smallest absolute Gasteiger partial charge is 0.0453 e. The number of benzene rings is 2. The summed E-state index contributed by atoms with van der Waals surface area (Å²) in [4.78, 5) is 0. The van der Waals surface area contributed by atoms with E-state index in [4.69, 9.17) is 12.6 Å². The molecule has 1 fully saturated rings. The van der Waals surface area contributed by atoms with Gasteiger partial charge < -0.3 is 0 Å². The van der Waals surface area contributed by atoms with E-state index in [1.807, 2.05) is 0 Å². The van der Waals surface area contributed by atoms with Crippen LogP contribution in [-0.2, 0) is 4.75 Å². The molecule has 80 valence electrons. The maximum atomic E-state index is 4.86. The summed E-state index contributed by atoms with van der Waals surface area (Å²) >= 11 is 4.86. The van der Waals surface area contributed by atoms with Crippen LogP contribution in [0.3, 0.4) is 0 Å². The van der Waals surface area contributed by atoms with Crippen LogP contribution < -0.4 is 0 Å². The normalized spacial score (nSPS) is 27.7. The highest BCUT2D eigenvalue weighted by molar-refractivity contribution is 7.81. The van der Waals surface area contributed by atoms with Crippen LogP contribution in [0.4, 0.5) is 0 Å². The Morgan fingerprint density at radius 1 is 0.875 bits per heavy atom. The minimum absolute atomic E-state index is 0.0581. The van der Waals surface area contributed by atoms with E-state index >= 15 is 0 Å². The Morgan fingerprint density at radius 3 is 2.06 bits per heavy atom. The fourth-order valence-electron chi connectivity index (χ4n) is 2.38. The highest BCUT2D eigenvalue weighted by atomic mass is 32.1. The predicted octanol–water partition coefficient (Wildman–Crippen LogP) is 4.00. The largest absolute Gasteiger partial charge is 0.167 e. The predicted molar refractivity (Wildman–Crippen MR) is 70.9 cm³/mol. The van der Waals surface area contributed by atoms with Crippen molar-refractivity contribution < 1.29 is 0 Å². The average Bonchev–Trinajstić information content (AvgIpc) is 3.06. The fraction of sp³-hybridized carbons (Fsp3) is 0.200. The molecule has 1 saturated carbocycles. The van der Waals surface area contributed by atoms with Crippen LogP contribution in [0.15, 0.2) is 60.7 Å². The monoisotopic (exact) mass is 226 g/mol. The zero-order valence-corrected chi connectivity index (χ0v) is 9.90. The molecule has 16 heavy (non-hydrogen) atoms. The van der Waals surface area contributed by atoms with Gasteiger partial charge >= 0.3 is 0 Å². The van der Waals surface area contributed by atoms with Gasteiger partial charge in [-0.3, -0.25) is 0 Å². The first-order valence-electron chi connectivity index (χ1n) is 5.63. The second-order valence-electron chi connectivity index (χ2n) is 4.46. The third kappa shape index (κ3) is 1.56. The molecule has 0 radical (unpaired) electrons. The summed E-state index contributed by atoms with van der Waals surface area (Å²) in [6, 6.07) is 21.3. The molecular formula is C15H14S. The fourth-order valence-corrected chi connectivity index (χ4v) is 2.86. The van der Waals surface area contributed by atoms with Crippen LogP contribution >= 0.6 is 12.6 Å². The molecule has 0 amide bonds. The second-order valence-corrected chi connectivity index (χ2v) is 5.26. The van der Waals surface area contributed by atoms with Gasteiger partial charge in [0.05, 0.1) is 0 Å². The van der Waals surface area contributed by atoms with Crippen molar-refractivity contribution >= 4 is 12.6 Å². The molecule has 2 atom stereocenters. The van der Waals surface area contributed by atoms with Gasteiger partial charge in [-0.2, -0.15) is 12.6 Å². The molecule has 1 aliphatic rings. The Balaban J connectivity index is 1.90. The van der Waals surface area contributed by atoms with E-state index in [1.165, 1.54) is 11.1 Å². The molecule has 2 aromatic rings. The lowest BCUT2D eigenvalue weighted by Crippen LogP contribution is -1.99. The van der Waals surface area contributed by atoms with Gasteiger partial charge in [-0.15, -0.1) is 0 Å². The van der Waals surface area contributed by atoms with E-state index in [2.05, 4.69) is 60.7 Å². The van der Waals surface area contributed by atoms with E-state index in [0.717, 1.165) is 6.42 Å². The number of thiol groups is 1. The van der Waals surface area contributed by atoms with Gasteiger partial charge in [-0.05, 0) is 17.5 Å². The van der Waals surface area contributed by atoms with Crippen LogP contribution in [-0.4, -0.2) is 0 Å². The third-order valence-corrected chi connectivity index (χ3v) is 4.16. The molecule has 3 rings (SSSR count). The quantitative estimate of drug-likeness (QED) is 0.735. The molecule has 0 saturated heterocycles. The van der Waals surface area contributed by atoms with Crippen molar-refractivity contribution in [2.45, 2.75) is 17.1 Å². The van der Waals surface area contributed by atoms with Crippen LogP contribution in [0.1, 0.15) is 23.5 Å². The molecule has 1 heteroatoms. The Kier molecular flexibility index (Phi) is 2.29. The molecule has 2 aromatic carbocycles. The van der Waals surface area contributed by atoms with E-state index in [0.29, 0.717) is 5.92 Å². The molecule has 0 N–H and O–H groups in total. The standard InChI is InChI=1S/C15H14S/c16-15(13-9-5-2-6-10-13)11-14(15)12-7-3-1-4-8-12/h1-10,14,16H,11H2. The van der Waals surface area contributed by atoms with Gasteiger partial charge in [0.15, 0.2) is 0 Å². The first-order chi connectivity index (χ1) is 7.81. The molecule has 0 nitrogen and oxygen atoms in total. The van der Waals surface area contributed by atoms with Crippen LogP contribution in [0, 0.1) is 0 Å².